The molecule has 0 heterocycles. The lowest BCUT2D eigenvalue weighted by molar-refractivity contribution is 0.0556. The minimum atomic E-state index is 0.612. The monoisotopic (exact) mass is 366 g/mol. The second-order valence-electron chi connectivity index (χ2n) is 8.79. The highest BCUT2D eigenvalue weighted by Gasteiger charge is 2.14. The quantitative estimate of drug-likeness (QED) is 0.195. The standard InChI is InChI=1S/C25H50O/c1-2-3-4-5-6-7-8-9-10-11-12-13-14-15-16-17-18-21-24-26-25-22-19-20-23-25/h25H,2-24H2,1H3. The zero-order chi connectivity index (χ0) is 18.5. The van der Waals surface area contributed by atoms with Crippen molar-refractivity contribution >= 4 is 0 Å². The van der Waals surface area contributed by atoms with Crippen LogP contribution in [0.15, 0.2) is 0 Å². The molecule has 1 saturated carbocycles. The third kappa shape index (κ3) is 16.2. The normalized spacial score (nSPS) is 15.1. The first-order valence-electron chi connectivity index (χ1n) is 12.5. The van der Waals surface area contributed by atoms with E-state index in [1.54, 1.807) is 0 Å². The van der Waals surface area contributed by atoms with Crippen LogP contribution in [0.4, 0.5) is 0 Å². The van der Waals surface area contributed by atoms with Gasteiger partial charge in [0.05, 0.1) is 6.10 Å². The molecule has 0 N–H and O–H groups in total. The van der Waals surface area contributed by atoms with E-state index in [1.165, 1.54) is 141 Å². The van der Waals surface area contributed by atoms with Gasteiger partial charge in [-0.2, -0.15) is 0 Å². The highest BCUT2D eigenvalue weighted by molar-refractivity contribution is 4.66. The van der Waals surface area contributed by atoms with Crippen LogP contribution in [0.2, 0.25) is 0 Å². The molecule has 1 fully saturated rings. The first-order chi connectivity index (χ1) is 12.9. The molecule has 26 heavy (non-hydrogen) atoms. The van der Waals surface area contributed by atoms with Gasteiger partial charge in [0.25, 0.3) is 0 Å². The Morgan fingerprint density at radius 1 is 0.500 bits per heavy atom. The molecule has 0 aromatic carbocycles. The molecule has 0 bridgehead atoms. The van der Waals surface area contributed by atoms with Crippen molar-refractivity contribution in [2.75, 3.05) is 6.61 Å². The van der Waals surface area contributed by atoms with Gasteiger partial charge in [0.1, 0.15) is 0 Å². The zero-order valence-electron chi connectivity index (χ0n) is 18.2. The number of hydrogen-bond acceptors (Lipinski definition) is 1. The summed E-state index contributed by atoms with van der Waals surface area (Å²) in [7, 11) is 0. The Labute approximate surface area is 166 Å². The van der Waals surface area contributed by atoms with Crippen LogP contribution in [0.3, 0.4) is 0 Å². The van der Waals surface area contributed by atoms with E-state index in [9.17, 15) is 0 Å². The van der Waals surface area contributed by atoms with Gasteiger partial charge in [-0.25, -0.2) is 0 Å². The number of hydrogen-bond donors (Lipinski definition) is 0. The summed E-state index contributed by atoms with van der Waals surface area (Å²) in [5.41, 5.74) is 0. The Kier molecular flexibility index (Phi) is 18.2. The first kappa shape index (κ1) is 24.0. The van der Waals surface area contributed by atoms with E-state index >= 15 is 0 Å². The van der Waals surface area contributed by atoms with Crippen molar-refractivity contribution < 1.29 is 4.74 Å². The Morgan fingerprint density at radius 3 is 1.23 bits per heavy atom. The van der Waals surface area contributed by atoms with E-state index in [0.717, 1.165) is 6.61 Å². The fourth-order valence-corrected chi connectivity index (χ4v) is 4.31. The van der Waals surface area contributed by atoms with Crippen molar-refractivity contribution in [2.24, 2.45) is 0 Å². The average molecular weight is 367 g/mol. The topological polar surface area (TPSA) is 9.23 Å². The van der Waals surface area contributed by atoms with Gasteiger partial charge in [0.15, 0.2) is 0 Å². The second-order valence-corrected chi connectivity index (χ2v) is 8.79. The Morgan fingerprint density at radius 2 is 0.846 bits per heavy atom. The number of unbranched alkanes of at least 4 members (excludes halogenated alkanes) is 17. The van der Waals surface area contributed by atoms with Crippen LogP contribution in [0, 0.1) is 0 Å². The summed E-state index contributed by atoms with van der Waals surface area (Å²) in [4.78, 5) is 0. The van der Waals surface area contributed by atoms with Gasteiger partial charge < -0.3 is 4.74 Å². The Balaban J connectivity index is 1.62. The molecule has 0 aliphatic heterocycles. The van der Waals surface area contributed by atoms with Gasteiger partial charge in [-0.3, -0.25) is 0 Å². The van der Waals surface area contributed by atoms with E-state index < -0.39 is 0 Å². The van der Waals surface area contributed by atoms with E-state index in [0.29, 0.717) is 6.10 Å². The molecule has 0 radical (unpaired) electrons. The molecule has 0 unspecified atom stereocenters. The Hall–Kier alpha value is -0.0400. The largest absolute Gasteiger partial charge is 0.378 e. The van der Waals surface area contributed by atoms with E-state index in [1.807, 2.05) is 0 Å². The van der Waals surface area contributed by atoms with E-state index in [2.05, 4.69) is 6.92 Å². The maximum absolute atomic E-state index is 5.93. The Bertz CT molecular complexity index is 257. The van der Waals surface area contributed by atoms with Crippen molar-refractivity contribution in [3.05, 3.63) is 0 Å². The summed E-state index contributed by atoms with van der Waals surface area (Å²) in [5.74, 6) is 0. The molecule has 1 nitrogen and oxygen atoms in total. The van der Waals surface area contributed by atoms with Crippen molar-refractivity contribution in [1.29, 1.82) is 0 Å². The smallest absolute Gasteiger partial charge is 0.0575 e. The van der Waals surface area contributed by atoms with Crippen molar-refractivity contribution in [1.82, 2.24) is 0 Å². The molecule has 0 atom stereocenters. The molecule has 1 aliphatic carbocycles. The third-order valence-electron chi connectivity index (χ3n) is 6.15. The van der Waals surface area contributed by atoms with Crippen molar-refractivity contribution in [2.45, 2.75) is 154 Å². The zero-order valence-corrected chi connectivity index (χ0v) is 18.2. The van der Waals surface area contributed by atoms with Crippen LogP contribution < -0.4 is 0 Å². The lowest BCUT2D eigenvalue weighted by Gasteiger charge is -2.10. The van der Waals surface area contributed by atoms with E-state index in [4.69, 9.17) is 4.74 Å². The van der Waals surface area contributed by atoms with Crippen molar-refractivity contribution in [3.63, 3.8) is 0 Å². The molecule has 0 amide bonds. The third-order valence-corrected chi connectivity index (χ3v) is 6.15. The van der Waals surface area contributed by atoms with Gasteiger partial charge in [0.2, 0.25) is 0 Å². The summed E-state index contributed by atoms with van der Waals surface area (Å²) in [6.07, 6.45) is 32.1. The highest BCUT2D eigenvalue weighted by Crippen LogP contribution is 2.21. The van der Waals surface area contributed by atoms with Gasteiger partial charge in [0, 0.05) is 6.61 Å². The first-order valence-corrected chi connectivity index (χ1v) is 12.5. The lowest BCUT2D eigenvalue weighted by atomic mass is 10.0. The maximum atomic E-state index is 5.93. The SMILES string of the molecule is CCCCCCCCCCCCCCCCCCCCOC1CCCC1. The fourth-order valence-electron chi connectivity index (χ4n) is 4.31. The molecule has 0 spiro atoms. The minimum absolute atomic E-state index is 0.612. The molecular weight excluding hydrogens is 316 g/mol. The highest BCUT2D eigenvalue weighted by atomic mass is 16.5. The second kappa shape index (κ2) is 19.7. The van der Waals surface area contributed by atoms with Gasteiger partial charge in [-0.05, 0) is 19.3 Å². The molecule has 0 aromatic rings. The molecular formula is C25H50O. The van der Waals surface area contributed by atoms with Crippen LogP contribution in [-0.2, 0) is 4.74 Å². The number of rotatable bonds is 20. The average Bonchev–Trinajstić information content (AvgIpc) is 3.17. The van der Waals surface area contributed by atoms with Gasteiger partial charge >= 0.3 is 0 Å². The van der Waals surface area contributed by atoms with Gasteiger partial charge in [-0.1, -0.05) is 129 Å². The summed E-state index contributed by atoms with van der Waals surface area (Å²) >= 11 is 0. The lowest BCUT2D eigenvalue weighted by Crippen LogP contribution is -2.08. The van der Waals surface area contributed by atoms with Crippen molar-refractivity contribution in [3.8, 4) is 0 Å². The van der Waals surface area contributed by atoms with Gasteiger partial charge in [-0.15, -0.1) is 0 Å². The summed E-state index contributed by atoms with van der Waals surface area (Å²) in [5, 5.41) is 0. The maximum Gasteiger partial charge on any atom is 0.0575 e. The van der Waals surface area contributed by atoms with E-state index in [-0.39, 0.29) is 0 Å². The van der Waals surface area contributed by atoms with Crippen LogP contribution in [-0.4, -0.2) is 12.7 Å². The summed E-state index contributed by atoms with van der Waals surface area (Å²) in [6, 6.07) is 0. The molecule has 1 heteroatoms. The number of ether oxygens (including phenoxy) is 1. The molecule has 0 aromatic heterocycles. The van der Waals surface area contributed by atoms with Crippen LogP contribution >= 0.6 is 0 Å². The molecule has 1 rings (SSSR count). The van der Waals surface area contributed by atoms with Crippen LogP contribution in [0.1, 0.15) is 148 Å². The predicted molar refractivity (Wildman–Crippen MR) is 117 cm³/mol. The molecule has 156 valence electrons. The predicted octanol–water partition coefficient (Wildman–Crippen LogP) is 8.99. The van der Waals surface area contributed by atoms with Crippen LogP contribution in [0.25, 0.3) is 0 Å². The van der Waals surface area contributed by atoms with Crippen LogP contribution in [0.5, 0.6) is 0 Å². The summed E-state index contributed by atoms with van der Waals surface area (Å²) in [6.45, 7) is 3.32. The minimum Gasteiger partial charge on any atom is -0.378 e. The summed E-state index contributed by atoms with van der Waals surface area (Å²) < 4.78 is 5.93. The molecule has 1 aliphatic rings. The fraction of sp³-hybridized carbons (Fsp3) is 1.00. The molecule has 0 saturated heterocycles.